The molecule has 1 saturated heterocycles. The Bertz CT molecular complexity index is 173. The van der Waals surface area contributed by atoms with Gasteiger partial charge in [0, 0.05) is 6.04 Å². The lowest BCUT2D eigenvalue weighted by molar-refractivity contribution is -0.142. The summed E-state index contributed by atoms with van der Waals surface area (Å²) < 4.78 is 0. The third kappa shape index (κ3) is 2.97. The van der Waals surface area contributed by atoms with Crippen LogP contribution in [0.3, 0.4) is 0 Å². The molecule has 0 aromatic rings. The summed E-state index contributed by atoms with van der Waals surface area (Å²) in [6.07, 6.45) is 1.64. The molecular weight excluding hydrogens is 168 g/mol. The van der Waals surface area contributed by atoms with Crippen LogP contribution in [0.1, 0.15) is 19.8 Å². The SMILES string of the molecule is CCNC1CCNCCC1C(=O)O. The summed E-state index contributed by atoms with van der Waals surface area (Å²) in [5.74, 6) is -0.899. The van der Waals surface area contributed by atoms with E-state index in [-0.39, 0.29) is 12.0 Å². The van der Waals surface area contributed by atoms with E-state index in [9.17, 15) is 4.79 Å². The standard InChI is InChI=1S/C9H18N2O2/c1-2-11-8-4-6-10-5-3-7(8)9(12)13/h7-8,10-11H,2-6H2,1H3,(H,12,13). The highest BCUT2D eigenvalue weighted by molar-refractivity contribution is 5.71. The Balaban J connectivity index is 2.55. The average molecular weight is 186 g/mol. The Morgan fingerprint density at radius 1 is 1.54 bits per heavy atom. The van der Waals surface area contributed by atoms with Crippen molar-refractivity contribution in [3.63, 3.8) is 0 Å². The summed E-state index contributed by atoms with van der Waals surface area (Å²) in [6, 6.07) is 0.137. The van der Waals surface area contributed by atoms with E-state index in [0.29, 0.717) is 0 Å². The Hall–Kier alpha value is -0.610. The second-order valence-electron chi connectivity index (χ2n) is 3.44. The maximum atomic E-state index is 10.9. The van der Waals surface area contributed by atoms with E-state index < -0.39 is 5.97 Å². The lowest BCUT2D eigenvalue weighted by atomic mass is 9.95. The first-order valence-electron chi connectivity index (χ1n) is 4.92. The van der Waals surface area contributed by atoms with Crippen LogP contribution in [0.15, 0.2) is 0 Å². The highest BCUT2D eigenvalue weighted by Gasteiger charge is 2.28. The van der Waals surface area contributed by atoms with Crippen LogP contribution in [0.5, 0.6) is 0 Å². The largest absolute Gasteiger partial charge is 0.481 e. The van der Waals surface area contributed by atoms with E-state index in [1.54, 1.807) is 0 Å². The maximum Gasteiger partial charge on any atom is 0.308 e. The number of hydrogen-bond donors (Lipinski definition) is 3. The van der Waals surface area contributed by atoms with Gasteiger partial charge in [0.25, 0.3) is 0 Å². The minimum absolute atomic E-state index is 0.137. The van der Waals surface area contributed by atoms with Gasteiger partial charge in [-0.3, -0.25) is 4.79 Å². The second kappa shape index (κ2) is 5.19. The maximum absolute atomic E-state index is 10.9. The van der Waals surface area contributed by atoms with Crippen LogP contribution in [-0.4, -0.2) is 36.8 Å². The molecule has 76 valence electrons. The monoisotopic (exact) mass is 186 g/mol. The predicted octanol–water partition coefficient (Wildman–Crippen LogP) is 0.0487. The van der Waals surface area contributed by atoms with Gasteiger partial charge in [0.05, 0.1) is 5.92 Å². The van der Waals surface area contributed by atoms with Gasteiger partial charge in [-0.15, -0.1) is 0 Å². The van der Waals surface area contributed by atoms with Gasteiger partial charge in [-0.2, -0.15) is 0 Å². The van der Waals surface area contributed by atoms with Crippen LogP contribution in [0.4, 0.5) is 0 Å². The van der Waals surface area contributed by atoms with Gasteiger partial charge in [-0.1, -0.05) is 6.92 Å². The molecule has 1 aliphatic heterocycles. The molecule has 1 rings (SSSR count). The first-order chi connectivity index (χ1) is 6.25. The molecule has 0 aromatic carbocycles. The molecule has 1 fully saturated rings. The summed E-state index contributed by atoms with van der Waals surface area (Å²) in [4.78, 5) is 10.9. The van der Waals surface area contributed by atoms with Crippen molar-refractivity contribution in [1.82, 2.24) is 10.6 Å². The molecule has 0 saturated carbocycles. The summed E-state index contributed by atoms with van der Waals surface area (Å²) in [7, 11) is 0. The third-order valence-electron chi connectivity index (χ3n) is 2.53. The van der Waals surface area contributed by atoms with Crippen LogP contribution in [0.25, 0.3) is 0 Å². The zero-order valence-corrected chi connectivity index (χ0v) is 8.05. The van der Waals surface area contributed by atoms with Gasteiger partial charge in [-0.25, -0.2) is 0 Å². The average Bonchev–Trinajstić information content (AvgIpc) is 2.30. The van der Waals surface area contributed by atoms with Crippen LogP contribution in [-0.2, 0) is 4.79 Å². The lowest BCUT2D eigenvalue weighted by Gasteiger charge is -2.21. The highest BCUT2D eigenvalue weighted by Crippen LogP contribution is 2.14. The van der Waals surface area contributed by atoms with Crippen molar-refractivity contribution >= 4 is 5.97 Å². The first-order valence-corrected chi connectivity index (χ1v) is 4.92. The molecular formula is C9H18N2O2. The van der Waals surface area contributed by atoms with E-state index in [1.807, 2.05) is 6.92 Å². The molecule has 0 bridgehead atoms. The van der Waals surface area contributed by atoms with Crippen molar-refractivity contribution in [2.45, 2.75) is 25.8 Å². The van der Waals surface area contributed by atoms with Gasteiger partial charge < -0.3 is 15.7 Å². The van der Waals surface area contributed by atoms with Crippen molar-refractivity contribution in [3.05, 3.63) is 0 Å². The van der Waals surface area contributed by atoms with E-state index >= 15 is 0 Å². The molecule has 0 spiro atoms. The molecule has 0 radical (unpaired) electrons. The fourth-order valence-corrected chi connectivity index (χ4v) is 1.84. The van der Waals surface area contributed by atoms with Gasteiger partial charge in [0.2, 0.25) is 0 Å². The summed E-state index contributed by atoms with van der Waals surface area (Å²) in [5, 5.41) is 15.4. The Morgan fingerprint density at radius 3 is 2.85 bits per heavy atom. The molecule has 1 aliphatic rings. The van der Waals surface area contributed by atoms with Crippen molar-refractivity contribution < 1.29 is 9.90 Å². The molecule has 2 unspecified atom stereocenters. The van der Waals surface area contributed by atoms with Gasteiger partial charge in [0.1, 0.15) is 0 Å². The van der Waals surface area contributed by atoms with Gasteiger partial charge in [-0.05, 0) is 32.5 Å². The molecule has 3 N–H and O–H groups in total. The lowest BCUT2D eigenvalue weighted by Crippen LogP contribution is -2.40. The van der Waals surface area contributed by atoms with Crippen molar-refractivity contribution in [2.24, 2.45) is 5.92 Å². The number of rotatable bonds is 3. The van der Waals surface area contributed by atoms with E-state index in [1.165, 1.54) is 0 Å². The third-order valence-corrected chi connectivity index (χ3v) is 2.53. The Morgan fingerprint density at radius 2 is 2.23 bits per heavy atom. The van der Waals surface area contributed by atoms with Gasteiger partial charge in [0.15, 0.2) is 0 Å². The van der Waals surface area contributed by atoms with E-state index in [2.05, 4.69) is 10.6 Å². The Labute approximate surface area is 78.7 Å². The Kier molecular flexibility index (Phi) is 4.18. The summed E-state index contributed by atoms with van der Waals surface area (Å²) in [6.45, 7) is 4.59. The summed E-state index contributed by atoms with van der Waals surface area (Å²) >= 11 is 0. The minimum atomic E-state index is -0.672. The number of nitrogens with one attached hydrogen (secondary N) is 2. The van der Waals surface area contributed by atoms with Crippen LogP contribution in [0, 0.1) is 5.92 Å². The van der Waals surface area contributed by atoms with Crippen LogP contribution >= 0.6 is 0 Å². The van der Waals surface area contributed by atoms with E-state index in [0.717, 1.165) is 32.5 Å². The van der Waals surface area contributed by atoms with Crippen molar-refractivity contribution in [1.29, 1.82) is 0 Å². The van der Waals surface area contributed by atoms with Crippen molar-refractivity contribution in [3.8, 4) is 0 Å². The number of carboxylic acid groups (broad SMARTS) is 1. The fourth-order valence-electron chi connectivity index (χ4n) is 1.84. The van der Waals surface area contributed by atoms with Gasteiger partial charge >= 0.3 is 5.97 Å². The molecule has 4 nitrogen and oxygen atoms in total. The van der Waals surface area contributed by atoms with Crippen LogP contribution < -0.4 is 10.6 Å². The number of hydrogen-bond acceptors (Lipinski definition) is 3. The second-order valence-corrected chi connectivity index (χ2v) is 3.44. The smallest absolute Gasteiger partial charge is 0.308 e. The number of carboxylic acids is 1. The fraction of sp³-hybridized carbons (Fsp3) is 0.889. The molecule has 13 heavy (non-hydrogen) atoms. The number of aliphatic carboxylic acids is 1. The quantitative estimate of drug-likeness (QED) is 0.583. The zero-order valence-electron chi connectivity index (χ0n) is 8.05. The molecule has 2 atom stereocenters. The minimum Gasteiger partial charge on any atom is -0.481 e. The summed E-state index contributed by atoms with van der Waals surface area (Å²) in [5.41, 5.74) is 0. The molecule has 0 amide bonds. The highest BCUT2D eigenvalue weighted by atomic mass is 16.4. The zero-order chi connectivity index (χ0) is 9.68. The molecule has 0 aromatic heterocycles. The molecule has 1 heterocycles. The van der Waals surface area contributed by atoms with E-state index in [4.69, 9.17) is 5.11 Å². The van der Waals surface area contributed by atoms with Crippen molar-refractivity contribution in [2.75, 3.05) is 19.6 Å². The molecule has 4 heteroatoms. The normalized spacial score (nSPS) is 29.6. The topological polar surface area (TPSA) is 61.4 Å². The first kappa shape index (κ1) is 10.5. The molecule has 0 aliphatic carbocycles. The predicted molar refractivity (Wildman–Crippen MR) is 50.7 cm³/mol. The van der Waals surface area contributed by atoms with Crippen LogP contribution in [0.2, 0.25) is 0 Å². The number of carbonyl (C=O) groups is 1.